The number of aliphatic carboxylic acids is 1. The lowest BCUT2D eigenvalue weighted by molar-refractivity contribution is -0.146. The van der Waals surface area contributed by atoms with E-state index in [0.29, 0.717) is 35.6 Å². The summed E-state index contributed by atoms with van der Waals surface area (Å²) in [5, 5.41) is 9.06. The molecular weight excluding hydrogens is 515 g/mol. The lowest BCUT2D eigenvalue weighted by Gasteiger charge is -2.39. The number of carboxylic acids is 1. The Balaban J connectivity index is 1.65. The van der Waals surface area contributed by atoms with Gasteiger partial charge in [-0.3, -0.25) is 9.10 Å². The molecule has 172 valence electrons. The van der Waals surface area contributed by atoms with E-state index < -0.39 is 44.6 Å². The summed E-state index contributed by atoms with van der Waals surface area (Å²) in [6.07, 6.45) is -3.80. The zero-order chi connectivity index (χ0) is 23.3. The highest BCUT2D eigenvalue weighted by molar-refractivity contribution is 9.10. The van der Waals surface area contributed by atoms with Crippen LogP contribution in [0.3, 0.4) is 0 Å². The van der Waals surface area contributed by atoms with Gasteiger partial charge < -0.3 is 9.84 Å². The third kappa shape index (κ3) is 4.45. The standard InChI is InChI=1S/C21H19BrF3NO5S/c22-15-4-5-19-18(10-15)26(11-16(31-19)8-12-6-13(7-12)20(27)28)32(29,30)17-3-1-2-14(9-17)21(23,24)25/h1-5,9-10,12-13,16H,6-8,11H2,(H,27,28)/t12?,13?,16-/m0/s1. The number of hydrogen-bond acceptors (Lipinski definition) is 4. The van der Waals surface area contributed by atoms with Gasteiger partial charge in [0.25, 0.3) is 10.0 Å². The van der Waals surface area contributed by atoms with Gasteiger partial charge in [-0.25, -0.2) is 8.42 Å². The van der Waals surface area contributed by atoms with Crippen LogP contribution in [0.5, 0.6) is 5.75 Å². The van der Waals surface area contributed by atoms with Crippen molar-refractivity contribution in [3.63, 3.8) is 0 Å². The molecule has 4 rings (SSSR count). The Kier molecular flexibility index (Phi) is 5.91. The monoisotopic (exact) mass is 533 g/mol. The van der Waals surface area contributed by atoms with Crippen molar-refractivity contribution in [2.75, 3.05) is 10.8 Å². The normalized spacial score (nSPS) is 23.1. The molecule has 1 aliphatic heterocycles. The van der Waals surface area contributed by atoms with Crippen molar-refractivity contribution in [3.05, 3.63) is 52.5 Å². The summed E-state index contributed by atoms with van der Waals surface area (Å²) in [6.45, 7) is -0.0870. The van der Waals surface area contributed by atoms with Gasteiger partial charge in [0.2, 0.25) is 0 Å². The molecule has 11 heteroatoms. The van der Waals surface area contributed by atoms with E-state index in [4.69, 9.17) is 9.84 Å². The largest absolute Gasteiger partial charge is 0.486 e. The average Bonchev–Trinajstić information content (AvgIpc) is 2.69. The van der Waals surface area contributed by atoms with Crippen LogP contribution in [0, 0.1) is 11.8 Å². The van der Waals surface area contributed by atoms with Crippen molar-refractivity contribution in [2.24, 2.45) is 11.8 Å². The highest BCUT2D eigenvalue weighted by Gasteiger charge is 2.40. The first-order chi connectivity index (χ1) is 14.9. The average molecular weight is 534 g/mol. The second-order valence-electron chi connectivity index (χ2n) is 8.02. The summed E-state index contributed by atoms with van der Waals surface area (Å²) in [6, 6.07) is 8.47. The zero-order valence-corrected chi connectivity index (χ0v) is 19.0. The fourth-order valence-electron chi connectivity index (χ4n) is 4.10. The molecule has 0 saturated heterocycles. The molecule has 1 saturated carbocycles. The molecule has 0 amide bonds. The van der Waals surface area contributed by atoms with Crippen LogP contribution in [-0.4, -0.2) is 32.1 Å². The number of nitrogens with zero attached hydrogens (tertiary/aromatic N) is 1. The molecule has 1 N–H and O–H groups in total. The first kappa shape index (κ1) is 22.9. The minimum atomic E-state index is -4.68. The molecule has 0 radical (unpaired) electrons. The minimum absolute atomic E-state index is 0.0798. The number of benzene rings is 2. The molecule has 0 aromatic heterocycles. The van der Waals surface area contributed by atoms with Crippen molar-refractivity contribution < 1.29 is 36.2 Å². The minimum Gasteiger partial charge on any atom is -0.486 e. The number of anilines is 1. The number of carboxylic acid groups (broad SMARTS) is 1. The third-order valence-electron chi connectivity index (χ3n) is 5.78. The van der Waals surface area contributed by atoms with Gasteiger partial charge in [0.15, 0.2) is 0 Å². The van der Waals surface area contributed by atoms with Gasteiger partial charge in [0.1, 0.15) is 11.9 Å². The highest BCUT2D eigenvalue weighted by Crippen LogP contribution is 2.43. The van der Waals surface area contributed by atoms with Gasteiger partial charge >= 0.3 is 12.1 Å². The molecule has 0 spiro atoms. The van der Waals surface area contributed by atoms with Crippen molar-refractivity contribution in [1.82, 2.24) is 0 Å². The number of carbonyl (C=O) groups is 1. The summed E-state index contributed by atoms with van der Waals surface area (Å²) < 4.78 is 73.9. The maximum atomic E-state index is 13.4. The lowest BCUT2D eigenvalue weighted by Crippen LogP contribution is -2.45. The van der Waals surface area contributed by atoms with E-state index >= 15 is 0 Å². The van der Waals surface area contributed by atoms with Crippen LogP contribution in [0.4, 0.5) is 18.9 Å². The van der Waals surface area contributed by atoms with Crippen LogP contribution in [0.1, 0.15) is 24.8 Å². The van der Waals surface area contributed by atoms with Crippen LogP contribution in [0.25, 0.3) is 0 Å². The Hall–Kier alpha value is -2.27. The molecule has 2 aliphatic rings. The number of fused-ring (bicyclic) bond motifs is 1. The van der Waals surface area contributed by atoms with E-state index in [1.165, 1.54) is 0 Å². The Morgan fingerprint density at radius 1 is 1.19 bits per heavy atom. The highest BCUT2D eigenvalue weighted by atomic mass is 79.9. The summed E-state index contributed by atoms with van der Waals surface area (Å²) in [5.74, 6) is -0.878. The van der Waals surface area contributed by atoms with Gasteiger partial charge in [-0.1, -0.05) is 22.0 Å². The number of halogens is 4. The zero-order valence-electron chi connectivity index (χ0n) is 16.5. The van der Waals surface area contributed by atoms with Gasteiger partial charge in [-0.15, -0.1) is 0 Å². The van der Waals surface area contributed by atoms with Crippen molar-refractivity contribution in [2.45, 2.75) is 36.4 Å². The molecule has 1 atom stereocenters. The van der Waals surface area contributed by atoms with Crippen LogP contribution in [0.15, 0.2) is 51.8 Å². The van der Waals surface area contributed by atoms with Gasteiger partial charge in [-0.05, 0) is 61.6 Å². The smallest absolute Gasteiger partial charge is 0.416 e. The van der Waals surface area contributed by atoms with Gasteiger partial charge in [0, 0.05) is 4.47 Å². The molecule has 2 aromatic rings. The molecule has 2 aromatic carbocycles. The first-order valence-corrected chi connectivity index (χ1v) is 12.1. The van der Waals surface area contributed by atoms with Crippen LogP contribution < -0.4 is 9.04 Å². The second kappa shape index (κ2) is 8.26. The summed E-state index contributed by atoms with van der Waals surface area (Å²) in [7, 11) is -4.32. The van der Waals surface area contributed by atoms with Crippen molar-refractivity contribution in [3.8, 4) is 5.75 Å². The molecule has 1 aliphatic carbocycles. The molecule has 0 bridgehead atoms. The number of rotatable bonds is 5. The van der Waals surface area contributed by atoms with Crippen molar-refractivity contribution >= 4 is 37.6 Å². The predicted octanol–water partition coefficient (Wildman–Crippen LogP) is 4.93. The maximum absolute atomic E-state index is 13.4. The molecule has 6 nitrogen and oxygen atoms in total. The Labute approximate surface area is 191 Å². The quantitative estimate of drug-likeness (QED) is 0.589. The second-order valence-corrected chi connectivity index (χ2v) is 10.8. The Bertz CT molecular complexity index is 1150. The van der Waals surface area contributed by atoms with E-state index in [1.807, 2.05) is 0 Å². The maximum Gasteiger partial charge on any atom is 0.416 e. The van der Waals surface area contributed by atoms with E-state index in [-0.39, 0.29) is 18.2 Å². The fourth-order valence-corrected chi connectivity index (χ4v) is 5.99. The van der Waals surface area contributed by atoms with E-state index in [9.17, 15) is 26.4 Å². The number of alkyl halides is 3. The Morgan fingerprint density at radius 2 is 1.91 bits per heavy atom. The number of ether oxygens (including phenoxy) is 1. The number of hydrogen-bond donors (Lipinski definition) is 1. The molecule has 1 fully saturated rings. The van der Waals surface area contributed by atoms with Crippen LogP contribution >= 0.6 is 15.9 Å². The van der Waals surface area contributed by atoms with Crippen LogP contribution in [-0.2, 0) is 21.0 Å². The van der Waals surface area contributed by atoms with Gasteiger partial charge in [-0.2, -0.15) is 13.2 Å². The SMILES string of the molecule is O=C(O)C1CC(C[C@H]2CN(S(=O)(=O)c3cccc(C(F)(F)F)c3)c3cc(Br)ccc3O2)C1. The van der Waals surface area contributed by atoms with Gasteiger partial charge in [0.05, 0.1) is 28.6 Å². The molecule has 32 heavy (non-hydrogen) atoms. The molecule has 1 heterocycles. The van der Waals surface area contributed by atoms with Crippen LogP contribution in [0.2, 0.25) is 0 Å². The van der Waals surface area contributed by atoms with E-state index in [1.54, 1.807) is 18.2 Å². The summed E-state index contributed by atoms with van der Waals surface area (Å²) >= 11 is 3.29. The topological polar surface area (TPSA) is 83.9 Å². The predicted molar refractivity (Wildman–Crippen MR) is 113 cm³/mol. The lowest BCUT2D eigenvalue weighted by atomic mass is 9.72. The third-order valence-corrected chi connectivity index (χ3v) is 8.05. The van der Waals surface area contributed by atoms with E-state index in [0.717, 1.165) is 22.5 Å². The molecular formula is C21H19BrF3NO5S. The molecule has 0 unspecified atom stereocenters. The summed E-state index contributed by atoms with van der Waals surface area (Å²) in [5.41, 5.74) is -0.822. The van der Waals surface area contributed by atoms with Crippen molar-refractivity contribution in [1.29, 1.82) is 0 Å². The summed E-state index contributed by atoms with van der Waals surface area (Å²) in [4.78, 5) is 10.6. The first-order valence-electron chi connectivity index (χ1n) is 9.84. The Morgan fingerprint density at radius 3 is 2.56 bits per heavy atom. The van der Waals surface area contributed by atoms with E-state index in [2.05, 4.69) is 15.9 Å². The number of sulfonamides is 1. The fraction of sp³-hybridized carbons (Fsp3) is 0.381.